The number of anilines is 1. The molecule has 1 N–H and O–H groups in total. The van der Waals surface area contributed by atoms with Gasteiger partial charge >= 0.3 is 0 Å². The summed E-state index contributed by atoms with van der Waals surface area (Å²) in [6, 6.07) is 8.37. The van der Waals surface area contributed by atoms with Gasteiger partial charge in [0.2, 0.25) is 0 Å². The highest BCUT2D eigenvalue weighted by Gasteiger charge is 2.25. The van der Waals surface area contributed by atoms with Gasteiger partial charge in [-0.05, 0) is 38.1 Å². The minimum Gasteiger partial charge on any atom is -0.497 e. The van der Waals surface area contributed by atoms with Crippen LogP contribution in [0.2, 0.25) is 0 Å². The van der Waals surface area contributed by atoms with Gasteiger partial charge in [-0.1, -0.05) is 11.3 Å². The Kier molecular flexibility index (Phi) is 5.24. The van der Waals surface area contributed by atoms with Crippen molar-refractivity contribution in [1.82, 2.24) is 25.2 Å². The molecule has 0 spiro atoms. The lowest BCUT2D eigenvalue weighted by molar-refractivity contribution is 0.0740. The molecule has 2 aromatic rings. The van der Waals surface area contributed by atoms with Crippen molar-refractivity contribution in [1.29, 1.82) is 0 Å². The summed E-state index contributed by atoms with van der Waals surface area (Å²) in [4.78, 5) is 16.9. The van der Waals surface area contributed by atoms with Crippen LogP contribution >= 0.6 is 0 Å². The molecule has 0 radical (unpaired) electrons. The number of carbonyl (C=O) groups excluding carboxylic acids is 1. The summed E-state index contributed by atoms with van der Waals surface area (Å²) in [5.41, 5.74) is 1.57. The van der Waals surface area contributed by atoms with Gasteiger partial charge in [0.05, 0.1) is 19.3 Å². The van der Waals surface area contributed by atoms with Crippen molar-refractivity contribution in [3.05, 3.63) is 36.2 Å². The number of hydrogen-bond acceptors (Lipinski definition) is 6. The van der Waals surface area contributed by atoms with Crippen molar-refractivity contribution in [3.8, 4) is 5.75 Å². The van der Waals surface area contributed by atoms with Gasteiger partial charge < -0.3 is 19.9 Å². The summed E-state index contributed by atoms with van der Waals surface area (Å²) in [6.07, 6.45) is 3.86. The second kappa shape index (κ2) is 7.96. The van der Waals surface area contributed by atoms with E-state index in [1.165, 1.54) is 0 Å². The van der Waals surface area contributed by atoms with Crippen LogP contribution in [0.25, 0.3) is 0 Å². The van der Waals surface area contributed by atoms with Crippen molar-refractivity contribution in [2.24, 2.45) is 0 Å². The van der Waals surface area contributed by atoms with Gasteiger partial charge in [-0.2, -0.15) is 0 Å². The molecule has 0 aliphatic carbocycles. The largest absolute Gasteiger partial charge is 0.497 e. The third-order valence-electron chi connectivity index (χ3n) is 5.40. The molecule has 1 aromatic heterocycles. The Bertz CT molecular complexity index is 778. The number of rotatable bonds is 4. The van der Waals surface area contributed by atoms with Gasteiger partial charge in [-0.25, -0.2) is 4.68 Å². The fourth-order valence-corrected chi connectivity index (χ4v) is 3.76. The van der Waals surface area contributed by atoms with E-state index in [9.17, 15) is 4.79 Å². The molecular formula is C19H26N6O2. The molecule has 2 aliphatic heterocycles. The van der Waals surface area contributed by atoms with E-state index in [2.05, 4.69) is 26.6 Å². The summed E-state index contributed by atoms with van der Waals surface area (Å²) >= 11 is 0. The van der Waals surface area contributed by atoms with Crippen molar-refractivity contribution in [2.45, 2.75) is 18.9 Å². The maximum absolute atomic E-state index is 12.8. The van der Waals surface area contributed by atoms with Crippen LogP contribution in [0.15, 0.2) is 30.5 Å². The SMILES string of the molecule is COc1cccc(N2CCN(C(=O)c3cn(C4CCNCC4)nn3)CC2)c1. The number of nitrogens with one attached hydrogen (secondary N) is 1. The summed E-state index contributed by atoms with van der Waals surface area (Å²) in [6.45, 7) is 4.91. The summed E-state index contributed by atoms with van der Waals surface area (Å²) in [7, 11) is 1.67. The minimum atomic E-state index is -0.0273. The molecule has 1 amide bonds. The zero-order valence-electron chi connectivity index (χ0n) is 15.7. The summed E-state index contributed by atoms with van der Waals surface area (Å²) in [5, 5.41) is 11.7. The van der Waals surface area contributed by atoms with Gasteiger partial charge in [0.15, 0.2) is 5.69 Å². The van der Waals surface area contributed by atoms with E-state index in [1.54, 1.807) is 7.11 Å². The number of piperidine rings is 1. The molecule has 8 heteroatoms. The van der Waals surface area contributed by atoms with Gasteiger partial charge in [-0.3, -0.25) is 4.79 Å². The Labute approximate surface area is 159 Å². The Morgan fingerprint density at radius 3 is 2.70 bits per heavy atom. The molecule has 1 aromatic carbocycles. The number of aromatic nitrogens is 3. The van der Waals surface area contributed by atoms with Gasteiger partial charge in [0.1, 0.15) is 5.75 Å². The maximum Gasteiger partial charge on any atom is 0.276 e. The molecule has 27 heavy (non-hydrogen) atoms. The predicted octanol–water partition coefficient (Wildman–Crippen LogP) is 1.17. The predicted molar refractivity (Wildman–Crippen MR) is 102 cm³/mol. The first-order valence-corrected chi connectivity index (χ1v) is 9.55. The fraction of sp³-hybridized carbons (Fsp3) is 0.526. The first-order valence-electron chi connectivity index (χ1n) is 9.55. The van der Waals surface area contributed by atoms with Crippen LogP contribution in [0.3, 0.4) is 0 Å². The monoisotopic (exact) mass is 370 g/mol. The third-order valence-corrected chi connectivity index (χ3v) is 5.40. The molecule has 4 rings (SSSR count). The first kappa shape index (κ1) is 17.8. The van der Waals surface area contributed by atoms with E-state index < -0.39 is 0 Å². The van der Waals surface area contributed by atoms with E-state index >= 15 is 0 Å². The molecule has 2 fully saturated rings. The summed E-state index contributed by atoms with van der Waals surface area (Å²) in [5.74, 6) is 0.820. The van der Waals surface area contributed by atoms with Crippen molar-refractivity contribution >= 4 is 11.6 Å². The fourth-order valence-electron chi connectivity index (χ4n) is 3.76. The zero-order chi connectivity index (χ0) is 18.6. The second-order valence-corrected chi connectivity index (χ2v) is 7.05. The zero-order valence-corrected chi connectivity index (χ0v) is 15.7. The number of nitrogens with zero attached hydrogens (tertiary/aromatic N) is 5. The van der Waals surface area contributed by atoms with Gasteiger partial charge in [0.25, 0.3) is 5.91 Å². The number of carbonyl (C=O) groups is 1. The van der Waals surface area contributed by atoms with E-state index in [0.717, 1.165) is 50.5 Å². The second-order valence-electron chi connectivity index (χ2n) is 7.05. The Balaban J connectivity index is 1.36. The van der Waals surface area contributed by atoms with Crippen LogP contribution in [-0.2, 0) is 0 Å². The molecule has 0 unspecified atom stereocenters. The topological polar surface area (TPSA) is 75.5 Å². The van der Waals surface area contributed by atoms with Crippen LogP contribution in [0.1, 0.15) is 29.4 Å². The molecule has 8 nitrogen and oxygen atoms in total. The molecule has 0 atom stereocenters. The average molecular weight is 370 g/mol. The maximum atomic E-state index is 12.8. The minimum absolute atomic E-state index is 0.0273. The molecule has 0 bridgehead atoms. The molecular weight excluding hydrogens is 344 g/mol. The van der Waals surface area contributed by atoms with Crippen molar-refractivity contribution in [3.63, 3.8) is 0 Å². The molecule has 2 saturated heterocycles. The van der Waals surface area contributed by atoms with Crippen LogP contribution < -0.4 is 15.0 Å². The lowest BCUT2D eigenvalue weighted by Crippen LogP contribution is -2.48. The lowest BCUT2D eigenvalue weighted by atomic mass is 10.1. The Hall–Kier alpha value is -2.61. The van der Waals surface area contributed by atoms with Gasteiger partial charge in [-0.15, -0.1) is 5.10 Å². The van der Waals surface area contributed by atoms with E-state index in [4.69, 9.17) is 4.74 Å². The van der Waals surface area contributed by atoms with Crippen LogP contribution in [0.4, 0.5) is 5.69 Å². The van der Waals surface area contributed by atoms with Crippen molar-refractivity contribution < 1.29 is 9.53 Å². The number of piperazine rings is 1. The third kappa shape index (κ3) is 3.90. The van der Waals surface area contributed by atoms with Crippen LogP contribution in [0, 0.1) is 0 Å². The first-order chi connectivity index (χ1) is 13.2. The smallest absolute Gasteiger partial charge is 0.276 e. The molecule has 0 saturated carbocycles. The molecule has 2 aliphatic rings. The average Bonchev–Trinajstić information content (AvgIpc) is 3.24. The quantitative estimate of drug-likeness (QED) is 0.871. The Morgan fingerprint density at radius 1 is 1.19 bits per heavy atom. The van der Waals surface area contributed by atoms with E-state index in [1.807, 2.05) is 34.0 Å². The molecule has 144 valence electrons. The summed E-state index contributed by atoms with van der Waals surface area (Å²) < 4.78 is 7.16. The lowest BCUT2D eigenvalue weighted by Gasteiger charge is -2.35. The highest BCUT2D eigenvalue weighted by atomic mass is 16.5. The number of methoxy groups -OCH3 is 1. The van der Waals surface area contributed by atoms with Crippen molar-refractivity contribution in [2.75, 3.05) is 51.3 Å². The number of ether oxygens (including phenoxy) is 1. The van der Waals surface area contributed by atoms with Gasteiger partial charge in [0, 0.05) is 37.9 Å². The highest BCUT2D eigenvalue weighted by molar-refractivity contribution is 5.92. The van der Waals surface area contributed by atoms with Crippen LogP contribution in [-0.4, -0.2) is 72.2 Å². The Morgan fingerprint density at radius 2 is 1.96 bits per heavy atom. The number of amides is 1. The number of hydrogen-bond donors (Lipinski definition) is 1. The van der Waals surface area contributed by atoms with E-state index in [0.29, 0.717) is 24.8 Å². The highest BCUT2D eigenvalue weighted by Crippen LogP contribution is 2.23. The number of benzene rings is 1. The normalized spacial score (nSPS) is 18.6. The van der Waals surface area contributed by atoms with E-state index in [-0.39, 0.29) is 5.91 Å². The van der Waals surface area contributed by atoms with Crippen LogP contribution in [0.5, 0.6) is 5.75 Å². The molecule has 3 heterocycles. The standard InChI is InChI=1S/C19H26N6O2/c1-27-17-4-2-3-16(13-17)23-9-11-24(12-10-23)19(26)18-14-25(22-21-18)15-5-7-20-8-6-15/h2-4,13-15,20H,5-12H2,1H3.